The first-order valence-electron chi connectivity index (χ1n) is 3.73. The minimum Gasteiger partial charge on any atom is -0.508 e. The Morgan fingerprint density at radius 3 is 2.33 bits per heavy atom. The second kappa shape index (κ2) is 3.23. The highest BCUT2D eigenvalue weighted by Crippen LogP contribution is 2.35. The Hall–Kier alpha value is -0.890. The van der Waals surface area contributed by atoms with Crippen LogP contribution in [0.25, 0.3) is 0 Å². The summed E-state index contributed by atoms with van der Waals surface area (Å²) in [6.07, 6.45) is 0. The fourth-order valence-corrected chi connectivity index (χ4v) is 1.27. The average Bonchev–Trinajstić information content (AvgIpc) is 1.96. The maximum Gasteiger partial charge on any atom is 0.137 e. The third-order valence-corrected chi connectivity index (χ3v) is 1.99. The number of phenols is 2. The van der Waals surface area contributed by atoms with E-state index in [1.807, 2.05) is 13.8 Å². The molecule has 0 fully saturated rings. The number of aromatic hydroxyl groups is 2. The molecule has 12 heavy (non-hydrogen) atoms. The van der Waals surface area contributed by atoms with E-state index in [-0.39, 0.29) is 22.4 Å². The van der Waals surface area contributed by atoms with Gasteiger partial charge in [-0.25, -0.2) is 0 Å². The van der Waals surface area contributed by atoms with Crippen molar-refractivity contribution in [1.82, 2.24) is 0 Å². The van der Waals surface area contributed by atoms with E-state index >= 15 is 0 Å². The number of rotatable bonds is 1. The van der Waals surface area contributed by atoms with Crippen LogP contribution in [0, 0.1) is 0 Å². The highest BCUT2D eigenvalue weighted by atomic mass is 35.5. The van der Waals surface area contributed by atoms with Crippen LogP contribution in [0.5, 0.6) is 11.5 Å². The zero-order valence-electron chi connectivity index (χ0n) is 7.00. The van der Waals surface area contributed by atoms with Crippen molar-refractivity contribution in [3.8, 4) is 11.5 Å². The Morgan fingerprint density at radius 2 is 1.83 bits per heavy atom. The van der Waals surface area contributed by atoms with Crippen LogP contribution in [0.4, 0.5) is 0 Å². The monoisotopic (exact) mass is 186 g/mol. The van der Waals surface area contributed by atoms with Crippen molar-refractivity contribution in [1.29, 1.82) is 0 Å². The van der Waals surface area contributed by atoms with Crippen LogP contribution < -0.4 is 0 Å². The molecule has 0 unspecified atom stereocenters. The fourth-order valence-electron chi connectivity index (χ4n) is 1.05. The molecule has 2 N–H and O–H groups in total. The quantitative estimate of drug-likeness (QED) is 0.663. The van der Waals surface area contributed by atoms with Crippen LogP contribution in [-0.2, 0) is 0 Å². The summed E-state index contributed by atoms with van der Waals surface area (Å²) in [6, 6.07) is 2.84. The van der Waals surface area contributed by atoms with Gasteiger partial charge in [0.1, 0.15) is 11.5 Å². The first-order chi connectivity index (χ1) is 5.52. The summed E-state index contributed by atoms with van der Waals surface area (Å²) in [4.78, 5) is 0. The van der Waals surface area contributed by atoms with E-state index in [1.165, 1.54) is 12.1 Å². The molecule has 1 aromatic rings. The SMILES string of the molecule is CC(C)c1cc(O)cc(Cl)c1O. The molecule has 0 bridgehead atoms. The van der Waals surface area contributed by atoms with E-state index in [9.17, 15) is 10.2 Å². The number of halogens is 1. The van der Waals surface area contributed by atoms with Gasteiger partial charge in [-0.15, -0.1) is 0 Å². The molecule has 0 saturated carbocycles. The van der Waals surface area contributed by atoms with Crippen molar-refractivity contribution in [3.05, 3.63) is 22.7 Å². The Kier molecular flexibility index (Phi) is 2.48. The lowest BCUT2D eigenvalue weighted by atomic mass is 10.0. The summed E-state index contributed by atoms with van der Waals surface area (Å²) in [5.41, 5.74) is 0.667. The molecule has 0 aromatic heterocycles. The molecular weight excluding hydrogens is 176 g/mol. The van der Waals surface area contributed by atoms with Gasteiger partial charge in [0, 0.05) is 11.6 Å². The molecule has 2 nitrogen and oxygen atoms in total. The molecule has 0 spiro atoms. The standard InChI is InChI=1S/C9H11ClO2/c1-5(2)7-3-6(11)4-8(10)9(7)12/h3-5,11-12H,1-2H3. The highest BCUT2D eigenvalue weighted by molar-refractivity contribution is 6.32. The van der Waals surface area contributed by atoms with Gasteiger partial charge in [0.05, 0.1) is 5.02 Å². The summed E-state index contributed by atoms with van der Waals surface area (Å²) in [5.74, 6) is 0.292. The van der Waals surface area contributed by atoms with Crippen molar-refractivity contribution >= 4 is 11.6 Å². The van der Waals surface area contributed by atoms with Crippen LogP contribution in [0.3, 0.4) is 0 Å². The molecule has 1 aromatic carbocycles. The van der Waals surface area contributed by atoms with E-state index < -0.39 is 0 Å². The minimum atomic E-state index is 0.0597. The van der Waals surface area contributed by atoms with Gasteiger partial charge in [0.25, 0.3) is 0 Å². The Bertz CT molecular complexity index is 295. The number of benzene rings is 1. The average molecular weight is 187 g/mol. The molecule has 0 atom stereocenters. The predicted octanol–water partition coefficient (Wildman–Crippen LogP) is 2.87. The number of hydrogen-bond acceptors (Lipinski definition) is 2. The predicted molar refractivity (Wildman–Crippen MR) is 48.9 cm³/mol. The molecule has 0 saturated heterocycles. The summed E-state index contributed by atoms with van der Waals surface area (Å²) < 4.78 is 0. The molecule has 0 amide bonds. The molecule has 0 aliphatic carbocycles. The van der Waals surface area contributed by atoms with Crippen molar-refractivity contribution in [2.24, 2.45) is 0 Å². The zero-order valence-corrected chi connectivity index (χ0v) is 7.76. The van der Waals surface area contributed by atoms with Crippen LogP contribution >= 0.6 is 11.6 Å². The highest BCUT2D eigenvalue weighted by Gasteiger charge is 2.10. The van der Waals surface area contributed by atoms with Gasteiger partial charge in [0.2, 0.25) is 0 Å². The number of phenolic OH excluding ortho intramolecular Hbond substituents is 2. The van der Waals surface area contributed by atoms with Gasteiger partial charge in [-0.1, -0.05) is 25.4 Å². The Balaban J connectivity index is 3.28. The normalized spacial score (nSPS) is 10.7. The van der Waals surface area contributed by atoms with Crippen molar-refractivity contribution < 1.29 is 10.2 Å². The summed E-state index contributed by atoms with van der Waals surface area (Å²) in [6.45, 7) is 3.84. The van der Waals surface area contributed by atoms with Crippen LogP contribution in [-0.4, -0.2) is 10.2 Å². The molecule has 0 aliphatic heterocycles. The van der Waals surface area contributed by atoms with Crippen molar-refractivity contribution in [2.75, 3.05) is 0 Å². The van der Waals surface area contributed by atoms with E-state index in [2.05, 4.69) is 0 Å². The van der Waals surface area contributed by atoms with Crippen LogP contribution in [0.1, 0.15) is 25.3 Å². The van der Waals surface area contributed by atoms with Gasteiger partial charge in [-0.3, -0.25) is 0 Å². The fraction of sp³-hybridized carbons (Fsp3) is 0.333. The number of hydrogen-bond donors (Lipinski definition) is 2. The third-order valence-electron chi connectivity index (χ3n) is 1.70. The van der Waals surface area contributed by atoms with Crippen LogP contribution in [0.2, 0.25) is 5.02 Å². The third kappa shape index (κ3) is 1.64. The van der Waals surface area contributed by atoms with Crippen molar-refractivity contribution in [3.63, 3.8) is 0 Å². The second-order valence-electron chi connectivity index (χ2n) is 3.02. The molecule has 66 valence electrons. The largest absolute Gasteiger partial charge is 0.508 e. The summed E-state index contributed by atoms with van der Waals surface area (Å²) in [5, 5.41) is 18.8. The van der Waals surface area contributed by atoms with Crippen LogP contribution in [0.15, 0.2) is 12.1 Å². The molecule has 0 aliphatic rings. The first kappa shape index (κ1) is 9.20. The Labute approximate surface area is 76.4 Å². The lowest BCUT2D eigenvalue weighted by Gasteiger charge is -2.09. The van der Waals surface area contributed by atoms with E-state index in [0.717, 1.165) is 0 Å². The Morgan fingerprint density at radius 1 is 1.25 bits per heavy atom. The maximum atomic E-state index is 9.45. The zero-order chi connectivity index (χ0) is 9.30. The maximum absolute atomic E-state index is 9.45. The van der Waals surface area contributed by atoms with Gasteiger partial charge in [0.15, 0.2) is 0 Å². The second-order valence-corrected chi connectivity index (χ2v) is 3.43. The lowest BCUT2D eigenvalue weighted by molar-refractivity contribution is 0.451. The summed E-state index contributed by atoms with van der Waals surface area (Å²) in [7, 11) is 0. The van der Waals surface area contributed by atoms with Crippen molar-refractivity contribution in [2.45, 2.75) is 19.8 Å². The van der Waals surface area contributed by atoms with E-state index in [0.29, 0.717) is 5.56 Å². The smallest absolute Gasteiger partial charge is 0.137 e. The topological polar surface area (TPSA) is 40.5 Å². The van der Waals surface area contributed by atoms with Gasteiger partial charge in [-0.05, 0) is 12.0 Å². The molecule has 0 heterocycles. The van der Waals surface area contributed by atoms with Gasteiger partial charge < -0.3 is 10.2 Å². The summed E-state index contributed by atoms with van der Waals surface area (Å²) >= 11 is 5.65. The lowest BCUT2D eigenvalue weighted by Crippen LogP contribution is -1.88. The molecule has 0 radical (unpaired) electrons. The molecule has 3 heteroatoms. The first-order valence-corrected chi connectivity index (χ1v) is 4.11. The minimum absolute atomic E-state index is 0.0597. The van der Waals surface area contributed by atoms with Gasteiger partial charge in [-0.2, -0.15) is 0 Å². The van der Waals surface area contributed by atoms with E-state index in [4.69, 9.17) is 11.6 Å². The molecule has 1 rings (SSSR count). The van der Waals surface area contributed by atoms with E-state index in [1.54, 1.807) is 0 Å². The molecular formula is C9H11ClO2. The van der Waals surface area contributed by atoms with Gasteiger partial charge >= 0.3 is 0 Å².